The van der Waals surface area contributed by atoms with Crippen molar-refractivity contribution < 1.29 is 0 Å². The molecule has 0 amide bonds. The standard InChI is InChI=1S/C12H17N3/c1-3-5-10(4-2)11-6-7-14-15-9-8-13-12(11)15/h6-10H,3-5H2,1-2H3. The lowest BCUT2D eigenvalue weighted by atomic mass is 9.93. The van der Waals surface area contributed by atoms with Crippen molar-refractivity contribution in [1.29, 1.82) is 0 Å². The molecular weight excluding hydrogens is 186 g/mol. The van der Waals surface area contributed by atoms with Crippen LogP contribution in [0.5, 0.6) is 0 Å². The molecule has 2 rings (SSSR count). The second kappa shape index (κ2) is 4.43. The summed E-state index contributed by atoms with van der Waals surface area (Å²) in [7, 11) is 0. The van der Waals surface area contributed by atoms with Gasteiger partial charge < -0.3 is 0 Å². The van der Waals surface area contributed by atoms with Crippen molar-refractivity contribution in [3.8, 4) is 0 Å². The van der Waals surface area contributed by atoms with E-state index in [1.807, 2.05) is 23.1 Å². The van der Waals surface area contributed by atoms with Crippen LogP contribution >= 0.6 is 0 Å². The molecule has 0 aliphatic rings. The molecule has 3 heteroatoms. The van der Waals surface area contributed by atoms with E-state index in [4.69, 9.17) is 0 Å². The molecule has 0 aliphatic heterocycles. The summed E-state index contributed by atoms with van der Waals surface area (Å²) in [6, 6.07) is 2.10. The SMILES string of the molecule is CCCC(CC)c1ccnn2ccnc12. The van der Waals surface area contributed by atoms with Crippen LogP contribution in [0.2, 0.25) is 0 Å². The van der Waals surface area contributed by atoms with Gasteiger partial charge in [-0.2, -0.15) is 5.10 Å². The maximum atomic E-state index is 4.37. The lowest BCUT2D eigenvalue weighted by molar-refractivity contribution is 0.595. The molecule has 80 valence electrons. The molecule has 1 atom stereocenters. The predicted octanol–water partition coefficient (Wildman–Crippen LogP) is 3.02. The Kier molecular flexibility index (Phi) is 2.99. The van der Waals surface area contributed by atoms with Crippen LogP contribution in [0, 0.1) is 0 Å². The molecule has 0 saturated heterocycles. The third-order valence-corrected chi connectivity index (χ3v) is 2.89. The maximum Gasteiger partial charge on any atom is 0.156 e. The monoisotopic (exact) mass is 203 g/mol. The molecule has 0 spiro atoms. The van der Waals surface area contributed by atoms with Crippen LogP contribution in [0.25, 0.3) is 5.65 Å². The van der Waals surface area contributed by atoms with E-state index >= 15 is 0 Å². The van der Waals surface area contributed by atoms with Crippen molar-refractivity contribution in [3.05, 3.63) is 30.2 Å². The molecule has 1 unspecified atom stereocenters. The summed E-state index contributed by atoms with van der Waals surface area (Å²) in [6.07, 6.45) is 9.18. The first kappa shape index (κ1) is 10.1. The zero-order valence-corrected chi connectivity index (χ0v) is 9.35. The van der Waals surface area contributed by atoms with Crippen LogP contribution in [-0.4, -0.2) is 14.6 Å². The molecule has 2 heterocycles. The summed E-state index contributed by atoms with van der Waals surface area (Å²) >= 11 is 0. The topological polar surface area (TPSA) is 30.2 Å². The Bertz CT molecular complexity index is 433. The van der Waals surface area contributed by atoms with Gasteiger partial charge in [-0.05, 0) is 24.8 Å². The van der Waals surface area contributed by atoms with Gasteiger partial charge in [0.1, 0.15) is 0 Å². The van der Waals surface area contributed by atoms with Crippen molar-refractivity contribution in [2.45, 2.75) is 39.0 Å². The Morgan fingerprint density at radius 3 is 2.93 bits per heavy atom. The number of rotatable bonds is 4. The van der Waals surface area contributed by atoms with Crippen molar-refractivity contribution in [3.63, 3.8) is 0 Å². The van der Waals surface area contributed by atoms with Gasteiger partial charge in [-0.1, -0.05) is 20.3 Å². The fourth-order valence-electron chi connectivity index (χ4n) is 2.10. The summed E-state index contributed by atoms with van der Waals surface area (Å²) in [5, 5.41) is 4.23. The van der Waals surface area contributed by atoms with Gasteiger partial charge in [0.15, 0.2) is 5.65 Å². The summed E-state index contributed by atoms with van der Waals surface area (Å²) in [4.78, 5) is 4.37. The number of hydrogen-bond donors (Lipinski definition) is 0. The molecule has 0 N–H and O–H groups in total. The zero-order valence-electron chi connectivity index (χ0n) is 9.35. The zero-order chi connectivity index (χ0) is 10.7. The van der Waals surface area contributed by atoms with Crippen molar-refractivity contribution >= 4 is 5.65 Å². The number of imidazole rings is 1. The van der Waals surface area contributed by atoms with Crippen LogP contribution < -0.4 is 0 Å². The maximum absolute atomic E-state index is 4.37. The van der Waals surface area contributed by atoms with Gasteiger partial charge in [0.05, 0.1) is 0 Å². The molecule has 15 heavy (non-hydrogen) atoms. The Labute approximate surface area is 90.1 Å². The minimum Gasteiger partial charge on any atom is -0.235 e. The van der Waals surface area contributed by atoms with Gasteiger partial charge in [-0.25, -0.2) is 9.50 Å². The van der Waals surface area contributed by atoms with E-state index in [1.54, 1.807) is 0 Å². The average Bonchev–Trinajstić information content (AvgIpc) is 2.73. The first-order valence-corrected chi connectivity index (χ1v) is 5.65. The summed E-state index contributed by atoms with van der Waals surface area (Å²) in [5.41, 5.74) is 2.34. The molecule has 3 nitrogen and oxygen atoms in total. The van der Waals surface area contributed by atoms with Gasteiger partial charge in [0.25, 0.3) is 0 Å². The fraction of sp³-hybridized carbons (Fsp3) is 0.500. The predicted molar refractivity (Wildman–Crippen MR) is 60.9 cm³/mol. The quantitative estimate of drug-likeness (QED) is 0.764. The van der Waals surface area contributed by atoms with Gasteiger partial charge in [0, 0.05) is 24.2 Å². The Balaban J connectivity index is 2.44. The fourth-order valence-corrected chi connectivity index (χ4v) is 2.10. The molecule has 0 bridgehead atoms. The van der Waals surface area contributed by atoms with Gasteiger partial charge in [-0.15, -0.1) is 0 Å². The summed E-state index contributed by atoms with van der Waals surface area (Å²) < 4.78 is 1.85. The minimum atomic E-state index is 0.614. The second-order valence-corrected chi connectivity index (χ2v) is 3.88. The molecule has 0 fully saturated rings. The largest absolute Gasteiger partial charge is 0.235 e. The van der Waals surface area contributed by atoms with Crippen LogP contribution in [0.1, 0.15) is 44.6 Å². The number of fused-ring (bicyclic) bond motifs is 1. The van der Waals surface area contributed by atoms with E-state index in [2.05, 4.69) is 30.0 Å². The Morgan fingerprint density at radius 1 is 1.33 bits per heavy atom. The summed E-state index contributed by atoms with van der Waals surface area (Å²) in [5.74, 6) is 0.614. The van der Waals surface area contributed by atoms with E-state index in [9.17, 15) is 0 Å². The van der Waals surface area contributed by atoms with Crippen molar-refractivity contribution in [2.75, 3.05) is 0 Å². The van der Waals surface area contributed by atoms with Crippen LogP contribution in [-0.2, 0) is 0 Å². The van der Waals surface area contributed by atoms with Crippen LogP contribution in [0.3, 0.4) is 0 Å². The highest BCUT2D eigenvalue weighted by atomic mass is 15.2. The number of hydrogen-bond acceptors (Lipinski definition) is 2. The highest BCUT2D eigenvalue weighted by Gasteiger charge is 2.12. The molecule has 0 radical (unpaired) electrons. The van der Waals surface area contributed by atoms with Gasteiger partial charge in [-0.3, -0.25) is 0 Å². The van der Waals surface area contributed by atoms with E-state index in [1.165, 1.54) is 24.8 Å². The van der Waals surface area contributed by atoms with Crippen LogP contribution in [0.15, 0.2) is 24.7 Å². The molecule has 0 saturated carbocycles. The third-order valence-electron chi connectivity index (χ3n) is 2.89. The molecule has 2 aromatic rings. The smallest absolute Gasteiger partial charge is 0.156 e. The Hall–Kier alpha value is -1.38. The molecule has 2 aromatic heterocycles. The molecule has 0 aromatic carbocycles. The highest BCUT2D eigenvalue weighted by molar-refractivity contribution is 5.47. The van der Waals surface area contributed by atoms with E-state index in [0.717, 1.165) is 5.65 Å². The van der Waals surface area contributed by atoms with E-state index in [0.29, 0.717) is 5.92 Å². The molecule has 0 aliphatic carbocycles. The van der Waals surface area contributed by atoms with Crippen molar-refractivity contribution in [1.82, 2.24) is 14.6 Å². The van der Waals surface area contributed by atoms with E-state index < -0.39 is 0 Å². The number of nitrogens with zero attached hydrogens (tertiary/aromatic N) is 3. The lowest BCUT2D eigenvalue weighted by Gasteiger charge is -2.14. The highest BCUT2D eigenvalue weighted by Crippen LogP contribution is 2.26. The van der Waals surface area contributed by atoms with Gasteiger partial charge in [0.2, 0.25) is 0 Å². The molecular formula is C12H17N3. The average molecular weight is 203 g/mol. The summed E-state index contributed by atoms with van der Waals surface area (Å²) in [6.45, 7) is 4.47. The minimum absolute atomic E-state index is 0.614. The van der Waals surface area contributed by atoms with Gasteiger partial charge >= 0.3 is 0 Å². The van der Waals surface area contributed by atoms with Crippen molar-refractivity contribution in [2.24, 2.45) is 0 Å². The first-order chi connectivity index (χ1) is 7.36. The first-order valence-electron chi connectivity index (χ1n) is 5.65. The van der Waals surface area contributed by atoms with E-state index in [-0.39, 0.29) is 0 Å². The normalized spacial score (nSPS) is 13.2. The second-order valence-electron chi connectivity index (χ2n) is 3.88. The number of aromatic nitrogens is 3. The third kappa shape index (κ3) is 1.87. The van der Waals surface area contributed by atoms with Crippen LogP contribution in [0.4, 0.5) is 0 Å². The Morgan fingerprint density at radius 2 is 2.20 bits per heavy atom. The lowest BCUT2D eigenvalue weighted by Crippen LogP contribution is -2.02.